The Balaban J connectivity index is 2.73. The summed E-state index contributed by atoms with van der Waals surface area (Å²) in [5, 5.41) is 12.5. The van der Waals surface area contributed by atoms with Crippen molar-refractivity contribution in [3.05, 3.63) is 6.07 Å². The normalized spacial score (nSPS) is 10.1. The van der Waals surface area contributed by atoms with Gasteiger partial charge in [-0.25, -0.2) is 4.98 Å². The lowest BCUT2D eigenvalue weighted by Crippen LogP contribution is -2.04. The van der Waals surface area contributed by atoms with E-state index < -0.39 is 0 Å². The van der Waals surface area contributed by atoms with E-state index in [-0.39, 0.29) is 12.6 Å². The number of aliphatic hydroxyl groups is 1. The van der Waals surface area contributed by atoms with Crippen LogP contribution in [0.3, 0.4) is 0 Å². The zero-order valence-corrected chi connectivity index (χ0v) is 8.84. The Morgan fingerprint density at radius 1 is 1.57 bits per heavy atom. The van der Waals surface area contributed by atoms with Gasteiger partial charge in [-0.15, -0.1) is 11.8 Å². The van der Waals surface area contributed by atoms with E-state index in [0.29, 0.717) is 5.75 Å². The second kappa shape index (κ2) is 5.66. The number of nitrogen functional groups attached to an aromatic ring is 1. The lowest BCUT2D eigenvalue weighted by atomic mass is 10.5. The number of aromatic nitrogens is 2. The molecule has 0 saturated heterocycles. The molecule has 1 rings (SSSR count). The van der Waals surface area contributed by atoms with E-state index in [1.165, 1.54) is 11.8 Å². The molecule has 4 N–H and O–H groups in total. The van der Waals surface area contributed by atoms with Crippen molar-refractivity contribution >= 4 is 23.5 Å². The summed E-state index contributed by atoms with van der Waals surface area (Å²) in [5.74, 6) is 1.59. The van der Waals surface area contributed by atoms with Crippen LogP contribution < -0.4 is 11.1 Å². The minimum absolute atomic E-state index is 0.130. The van der Waals surface area contributed by atoms with Crippen LogP contribution in [-0.4, -0.2) is 34.0 Å². The van der Waals surface area contributed by atoms with Gasteiger partial charge in [-0.2, -0.15) is 4.98 Å². The zero-order valence-electron chi connectivity index (χ0n) is 8.03. The Bertz CT molecular complexity index is 295. The Morgan fingerprint density at radius 2 is 2.36 bits per heavy atom. The van der Waals surface area contributed by atoms with Crippen molar-refractivity contribution in [2.45, 2.75) is 11.9 Å². The van der Waals surface area contributed by atoms with Crippen molar-refractivity contribution in [2.24, 2.45) is 0 Å². The van der Waals surface area contributed by atoms with Crippen molar-refractivity contribution in [1.82, 2.24) is 9.97 Å². The van der Waals surface area contributed by atoms with Crippen LogP contribution >= 0.6 is 11.8 Å². The van der Waals surface area contributed by atoms with E-state index in [2.05, 4.69) is 15.3 Å². The summed E-state index contributed by atoms with van der Waals surface area (Å²) >= 11 is 1.45. The van der Waals surface area contributed by atoms with Crippen LogP contribution in [0.4, 0.5) is 11.8 Å². The summed E-state index contributed by atoms with van der Waals surface area (Å²) in [6.07, 6.45) is 0. The monoisotopic (exact) mass is 214 g/mol. The molecule has 6 heteroatoms. The summed E-state index contributed by atoms with van der Waals surface area (Å²) in [7, 11) is 0. The fourth-order valence-corrected chi connectivity index (χ4v) is 1.59. The number of anilines is 2. The molecule has 0 spiro atoms. The van der Waals surface area contributed by atoms with Crippen LogP contribution in [0.2, 0.25) is 0 Å². The highest BCUT2D eigenvalue weighted by atomic mass is 32.2. The van der Waals surface area contributed by atoms with Crippen LogP contribution in [0.25, 0.3) is 0 Å². The van der Waals surface area contributed by atoms with Crippen LogP contribution in [0, 0.1) is 0 Å². The molecule has 0 fully saturated rings. The van der Waals surface area contributed by atoms with Crippen molar-refractivity contribution < 1.29 is 5.11 Å². The fraction of sp³-hybridized carbons (Fsp3) is 0.500. The Morgan fingerprint density at radius 3 is 3.00 bits per heavy atom. The molecule has 14 heavy (non-hydrogen) atoms. The van der Waals surface area contributed by atoms with Gasteiger partial charge < -0.3 is 16.2 Å². The summed E-state index contributed by atoms with van der Waals surface area (Å²) < 4.78 is 0. The molecule has 1 heterocycles. The second-order valence-corrected chi connectivity index (χ2v) is 3.67. The van der Waals surface area contributed by atoms with Crippen LogP contribution in [0.15, 0.2) is 11.1 Å². The van der Waals surface area contributed by atoms with Gasteiger partial charge in [0.25, 0.3) is 0 Å². The second-order valence-electron chi connectivity index (χ2n) is 2.55. The van der Waals surface area contributed by atoms with Crippen molar-refractivity contribution in [3.63, 3.8) is 0 Å². The van der Waals surface area contributed by atoms with Gasteiger partial charge in [-0.3, -0.25) is 0 Å². The van der Waals surface area contributed by atoms with E-state index in [1.54, 1.807) is 0 Å². The smallest absolute Gasteiger partial charge is 0.223 e. The molecule has 0 aromatic carbocycles. The highest BCUT2D eigenvalue weighted by Crippen LogP contribution is 2.18. The number of nitrogens with two attached hydrogens (primary N) is 1. The Kier molecular flexibility index (Phi) is 4.48. The SMILES string of the molecule is CCNc1cc(SCCO)nc(N)n1. The molecule has 1 aromatic heterocycles. The third kappa shape index (κ3) is 3.39. The predicted molar refractivity (Wildman–Crippen MR) is 58.4 cm³/mol. The van der Waals surface area contributed by atoms with E-state index in [9.17, 15) is 0 Å². The number of hydrogen-bond acceptors (Lipinski definition) is 6. The first-order valence-electron chi connectivity index (χ1n) is 4.38. The van der Waals surface area contributed by atoms with Crippen LogP contribution in [0.1, 0.15) is 6.92 Å². The molecule has 0 amide bonds. The molecule has 0 aliphatic carbocycles. The molecular weight excluding hydrogens is 200 g/mol. The molecule has 0 atom stereocenters. The van der Waals surface area contributed by atoms with Gasteiger partial charge in [0.2, 0.25) is 5.95 Å². The first kappa shape index (κ1) is 11.1. The molecule has 0 aliphatic heterocycles. The van der Waals surface area contributed by atoms with Crippen LogP contribution in [0.5, 0.6) is 0 Å². The maximum absolute atomic E-state index is 8.66. The number of nitrogens with one attached hydrogen (secondary N) is 1. The molecule has 1 aromatic rings. The third-order valence-electron chi connectivity index (χ3n) is 1.42. The summed E-state index contributed by atoms with van der Waals surface area (Å²) in [6, 6.07) is 1.82. The predicted octanol–water partition coefficient (Wildman–Crippen LogP) is 0.575. The Labute approximate surface area is 87.1 Å². The minimum Gasteiger partial charge on any atom is -0.396 e. The number of thioether (sulfide) groups is 1. The van der Waals surface area contributed by atoms with E-state index in [0.717, 1.165) is 17.4 Å². The number of nitrogens with zero attached hydrogens (tertiary/aromatic N) is 2. The molecule has 5 nitrogen and oxygen atoms in total. The van der Waals surface area contributed by atoms with E-state index in [1.807, 2.05) is 13.0 Å². The highest BCUT2D eigenvalue weighted by molar-refractivity contribution is 7.99. The van der Waals surface area contributed by atoms with Gasteiger partial charge >= 0.3 is 0 Å². The van der Waals surface area contributed by atoms with Gasteiger partial charge in [-0.1, -0.05) is 0 Å². The zero-order chi connectivity index (χ0) is 10.4. The molecule has 0 radical (unpaired) electrons. The molecule has 0 unspecified atom stereocenters. The molecular formula is C8H14N4OS. The van der Waals surface area contributed by atoms with Crippen molar-refractivity contribution in [3.8, 4) is 0 Å². The van der Waals surface area contributed by atoms with E-state index >= 15 is 0 Å². The summed E-state index contributed by atoms with van der Waals surface area (Å²) in [5.41, 5.74) is 5.52. The number of rotatable bonds is 5. The molecule has 0 aliphatic rings. The van der Waals surface area contributed by atoms with Gasteiger partial charge in [0, 0.05) is 18.4 Å². The Hall–Kier alpha value is -1.01. The standard InChI is InChI=1S/C8H14N4OS/c1-2-10-6-5-7(14-4-3-13)12-8(9)11-6/h5,13H,2-4H2,1H3,(H3,9,10,11,12). The van der Waals surface area contributed by atoms with Crippen molar-refractivity contribution in [2.75, 3.05) is 30.0 Å². The lowest BCUT2D eigenvalue weighted by molar-refractivity contribution is 0.322. The van der Waals surface area contributed by atoms with Crippen LogP contribution in [-0.2, 0) is 0 Å². The average Bonchev–Trinajstić information content (AvgIpc) is 2.14. The summed E-state index contributed by atoms with van der Waals surface area (Å²) in [6.45, 7) is 2.91. The van der Waals surface area contributed by atoms with Crippen molar-refractivity contribution in [1.29, 1.82) is 0 Å². The topological polar surface area (TPSA) is 84.1 Å². The van der Waals surface area contributed by atoms with Gasteiger partial charge in [0.15, 0.2) is 0 Å². The fourth-order valence-electron chi connectivity index (χ4n) is 0.939. The lowest BCUT2D eigenvalue weighted by Gasteiger charge is -2.05. The largest absolute Gasteiger partial charge is 0.396 e. The number of hydrogen-bond donors (Lipinski definition) is 3. The molecule has 0 saturated carbocycles. The average molecular weight is 214 g/mol. The summed E-state index contributed by atoms with van der Waals surface area (Å²) in [4.78, 5) is 8.04. The minimum atomic E-state index is 0.130. The third-order valence-corrected chi connectivity index (χ3v) is 2.31. The number of aliphatic hydroxyl groups excluding tert-OH is 1. The molecule has 0 bridgehead atoms. The van der Waals surface area contributed by atoms with Gasteiger partial charge in [-0.05, 0) is 6.92 Å². The quantitative estimate of drug-likeness (QED) is 0.491. The van der Waals surface area contributed by atoms with Gasteiger partial charge in [0.1, 0.15) is 10.8 Å². The maximum atomic E-state index is 8.66. The molecule has 78 valence electrons. The maximum Gasteiger partial charge on any atom is 0.223 e. The highest BCUT2D eigenvalue weighted by Gasteiger charge is 2.01. The first-order chi connectivity index (χ1) is 6.76. The first-order valence-corrected chi connectivity index (χ1v) is 5.37. The van der Waals surface area contributed by atoms with Gasteiger partial charge in [0.05, 0.1) is 6.61 Å². The van der Waals surface area contributed by atoms with E-state index in [4.69, 9.17) is 10.8 Å².